The number of likely N-dealkylation sites (tertiary alicyclic amines) is 1. The molecule has 3 atom stereocenters. The van der Waals surface area contributed by atoms with Crippen LogP contribution in [0, 0.1) is 5.92 Å². The van der Waals surface area contributed by atoms with E-state index in [1.54, 1.807) is 0 Å². The van der Waals surface area contributed by atoms with Crippen molar-refractivity contribution in [2.45, 2.75) is 56.4 Å². The molecule has 0 radical (unpaired) electrons. The molecule has 1 saturated heterocycles. The first kappa shape index (κ1) is 17.6. The number of ether oxygens (including phenoxy) is 2. The third-order valence-electron chi connectivity index (χ3n) is 8.06. The van der Waals surface area contributed by atoms with Gasteiger partial charge in [-0.25, -0.2) is 0 Å². The molecule has 1 saturated carbocycles. The number of hydrogen-bond donors (Lipinski definition) is 1. The Morgan fingerprint density at radius 3 is 2.93 bits per heavy atom. The lowest BCUT2D eigenvalue weighted by Gasteiger charge is -2.59. The maximum Gasteiger partial charge on any atom is 0.231 e. The van der Waals surface area contributed by atoms with Crippen LogP contribution >= 0.6 is 0 Å². The molecule has 0 amide bonds. The maximum atomic E-state index is 10.2. The largest absolute Gasteiger partial charge is 0.508 e. The van der Waals surface area contributed by atoms with Crippen LogP contribution in [-0.2, 0) is 18.3 Å². The van der Waals surface area contributed by atoms with Crippen LogP contribution in [-0.4, -0.2) is 35.9 Å². The summed E-state index contributed by atoms with van der Waals surface area (Å²) in [5, 5.41) is 10.2. The molecule has 2 aliphatic heterocycles. The van der Waals surface area contributed by atoms with Gasteiger partial charge in [0.2, 0.25) is 6.79 Å². The van der Waals surface area contributed by atoms with Crippen LogP contribution in [0.5, 0.6) is 17.2 Å². The Kier molecular flexibility index (Phi) is 4.05. The van der Waals surface area contributed by atoms with Gasteiger partial charge in [-0.1, -0.05) is 25.0 Å². The second-order valence-electron chi connectivity index (χ2n) is 9.34. The first-order valence-corrected chi connectivity index (χ1v) is 11.2. The summed E-state index contributed by atoms with van der Waals surface area (Å²) < 4.78 is 11.0. The van der Waals surface area contributed by atoms with Gasteiger partial charge >= 0.3 is 0 Å². The molecule has 1 N–H and O–H groups in total. The Bertz CT molecular complexity index is 942. The van der Waals surface area contributed by atoms with Crippen molar-refractivity contribution in [2.75, 3.05) is 19.9 Å². The van der Waals surface area contributed by atoms with E-state index < -0.39 is 0 Å². The average Bonchev–Trinajstić information content (AvgIpc) is 3.21. The van der Waals surface area contributed by atoms with Crippen molar-refractivity contribution < 1.29 is 14.6 Å². The second-order valence-corrected chi connectivity index (χ2v) is 9.34. The lowest BCUT2D eigenvalue weighted by atomic mass is 9.52. The molecular weight excluding hydrogens is 362 g/mol. The third-order valence-corrected chi connectivity index (χ3v) is 8.06. The molecule has 4 nitrogen and oxygen atoms in total. The Balaban J connectivity index is 1.26. The van der Waals surface area contributed by atoms with Gasteiger partial charge in [0.05, 0.1) is 0 Å². The fourth-order valence-corrected chi connectivity index (χ4v) is 6.72. The fourth-order valence-electron chi connectivity index (χ4n) is 6.72. The zero-order valence-corrected chi connectivity index (χ0v) is 16.9. The van der Waals surface area contributed by atoms with Crippen molar-refractivity contribution >= 4 is 0 Å². The van der Waals surface area contributed by atoms with Crippen molar-refractivity contribution in [3.63, 3.8) is 0 Å². The highest BCUT2D eigenvalue weighted by Crippen LogP contribution is 2.56. The Morgan fingerprint density at radius 2 is 1.97 bits per heavy atom. The molecule has 2 aromatic carbocycles. The number of nitrogens with zero attached hydrogens (tertiary/aromatic N) is 1. The van der Waals surface area contributed by atoms with E-state index in [0.717, 1.165) is 36.8 Å². The van der Waals surface area contributed by atoms with Gasteiger partial charge in [0.1, 0.15) is 5.75 Å². The number of fused-ring (bicyclic) bond motifs is 2. The van der Waals surface area contributed by atoms with E-state index in [-0.39, 0.29) is 0 Å². The van der Waals surface area contributed by atoms with Crippen LogP contribution in [0.1, 0.15) is 48.8 Å². The summed E-state index contributed by atoms with van der Waals surface area (Å²) in [5.74, 6) is 2.92. The molecular formula is C25H29NO3. The van der Waals surface area contributed by atoms with Gasteiger partial charge in [0, 0.05) is 18.0 Å². The number of phenols is 1. The molecule has 2 heterocycles. The number of phenolic OH excluding ortho intramolecular Hbond substituents is 1. The summed E-state index contributed by atoms with van der Waals surface area (Å²) in [7, 11) is 0. The van der Waals surface area contributed by atoms with Crippen molar-refractivity contribution in [3.05, 3.63) is 53.1 Å². The highest BCUT2D eigenvalue weighted by atomic mass is 16.7. The summed E-state index contributed by atoms with van der Waals surface area (Å²) >= 11 is 0. The number of piperidine rings is 1. The Labute approximate surface area is 172 Å². The summed E-state index contributed by atoms with van der Waals surface area (Å²) in [6.07, 6.45) is 8.72. The van der Waals surface area contributed by atoms with E-state index in [1.807, 2.05) is 12.1 Å². The van der Waals surface area contributed by atoms with E-state index in [0.29, 0.717) is 24.0 Å². The van der Waals surface area contributed by atoms with Crippen LogP contribution in [0.3, 0.4) is 0 Å². The number of aromatic hydroxyl groups is 1. The first-order chi connectivity index (χ1) is 14.2. The van der Waals surface area contributed by atoms with Gasteiger partial charge in [-0.3, -0.25) is 4.90 Å². The SMILES string of the molecule is Oc1ccc2c(c1)[C@]13CCCC[C@@H]1[C@H](C2)N(CCc1ccc2c(c1)OCO2)CC3. The molecule has 152 valence electrons. The summed E-state index contributed by atoms with van der Waals surface area (Å²) in [6.45, 7) is 2.61. The lowest BCUT2D eigenvalue weighted by Crippen LogP contribution is -2.61. The molecule has 2 fully saturated rings. The normalized spacial score (nSPS) is 29.9. The van der Waals surface area contributed by atoms with Crippen LogP contribution in [0.2, 0.25) is 0 Å². The zero-order chi connectivity index (χ0) is 19.4. The molecule has 2 aliphatic carbocycles. The lowest BCUT2D eigenvalue weighted by molar-refractivity contribution is -0.0106. The Hall–Kier alpha value is -2.20. The quantitative estimate of drug-likeness (QED) is 0.841. The topological polar surface area (TPSA) is 41.9 Å². The van der Waals surface area contributed by atoms with Crippen molar-refractivity contribution in [1.82, 2.24) is 4.90 Å². The Morgan fingerprint density at radius 1 is 1.03 bits per heavy atom. The van der Waals surface area contributed by atoms with Crippen LogP contribution in [0.15, 0.2) is 36.4 Å². The summed E-state index contributed by atoms with van der Waals surface area (Å²) in [5.41, 5.74) is 4.56. The monoisotopic (exact) mass is 391 g/mol. The minimum absolute atomic E-state index is 0.296. The molecule has 4 heteroatoms. The van der Waals surface area contributed by atoms with Crippen LogP contribution < -0.4 is 9.47 Å². The zero-order valence-electron chi connectivity index (χ0n) is 16.9. The predicted molar refractivity (Wildman–Crippen MR) is 112 cm³/mol. The van der Waals surface area contributed by atoms with E-state index in [2.05, 4.69) is 29.2 Å². The highest BCUT2D eigenvalue weighted by Gasteiger charge is 2.53. The molecule has 0 aromatic heterocycles. The maximum absolute atomic E-state index is 10.2. The molecule has 0 spiro atoms. The molecule has 2 bridgehead atoms. The van der Waals surface area contributed by atoms with Gasteiger partial charge in [0.15, 0.2) is 11.5 Å². The summed E-state index contributed by atoms with van der Waals surface area (Å²) in [6, 6.07) is 13.2. The third kappa shape index (κ3) is 2.76. The van der Waals surface area contributed by atoms with Gasteiger partial charge < -0.3 is 14.6 Å². The number of benzene rings is 2. The fraction of sp³-hybridized carbons (Fsp3) is 0.520. The molecule has 2 aromatic rings. The summed E-state index contributed by atoms with van der Waals surface area (Å²) in [4.78, 5) is 2.76. The van der Waals surface area contributed by atoms with Crippen LogP contribution in [0.4, 0.5) is 0 Å². The molecule has 6 rings (SSSR count). The highest BCUT2D eigenvalue weighted by molar-refractivity contribution is 5.46. The molecule has 0 unspecified atom stereocenters. The molecule has 29 heavy (non-hydrogen) atoms. The van der Waals surface area contributed by atoms with E-state index >= 15 is 0 Å². The average molecular weight is 392 g/mol. The van der Waals surface area contributed by atoms with Gasteiger partial charge in [-0.2, -0.15) is 0 Å². The molecule has 4 aliphatic rings. The van der Waals surface area contributed by atoms with Crippen LogP contribution in [0.25, 0.3) is 0 Å². The van der Waals surface area contributed by atoms with E-state index in [1.165, 1.54) is 55.3 Å². The standard InChI is InChI=1S/C25H29NO3/c27-19-6-5-18-14-22-20-3-1-2-9-25(20,21(18)15-19)10-12-26(22)11-8-17-4-7-23-24(13-17)29-16-28-23/h4-7,13,15,20,22,27H,1-3,8-12,14,16H2/t20-,22+,25+/m1/s1. The van der Waals surface area contributed by atoms with Gasteiger partial charge in [-0.05, 0) is 85.5 Å². The van der Waals surface area contributed by atoms with E-state index in [4.69, 9.17) is 9.47 Å². The van der Waals surface area contributed by atoms with Gasteiger partial charge in [0.25, 0.3) is 0 Å². The number of rotatable bonds is 3. The minimum atomic E-state index is 0.296. The van der Waals surface area contributed by atoms with Crippen molar-refractivity contribution in [2.24, 2.45) is 5.92 Å². The van der Waals surface area contributed by atoms with Gasteiger partial charge in [-0.15, -0.1) is 0 Å². The first-order valence-electron chi connectivity index (χ1n) is 11.2. The predicted octanol–water partition coefficient (Wildman–Crippen LogP) is 4.42. The smallest absolute Gasteiger partial charge is 0.231 e. The van der Waals surface area contributed by atoms with E-state index in [9.17, 15) is 5.11 Å². The number of hydrogen-bond acceptors (Lipinski definition) is 4. The second kappa shape index (κ2) is 6.66. The van der Waals surface area contributed by atoms with Crippen molar-refractivity contribution in [3.8, 4) is 17.2 Å². The van der Waals surface area contributed by atoms with Crippen molar-refractivity contribution in [1.29, 1.82) is 0 Å². The minimum Gasteiger partial charge on any atom is -0.508 e.